The highest BCUT2D eigenvalue weighted by Gasteiger charge is 2.15. The number of aryl methyl sites for hydroxylation is 1. The Labute approximate surface area is 108 Å². The Morgan fingerprint density at radius 3 is 2.67 bits per heavy atom. The molecule has 0 saturated heterocycles. The number of hydrogen-bond donors (Lipinski definition) is 2. The van der Waals surface area contributed by atoms with Gasteiger partial charge in [0.05, 0.1) is 6.42 Å². The third-order valence-electron chi connectivity index (χ3n) is 2.93. The molecule has 0 bridgehead atoms. The Kier molecular flexibility index (Phi) is 5.78. The zero-order valence-electron chi connectivity index (χ0n) is 11.3. The van der Waals surface area contributed by atoms with Crippen LogP contribution < -0.4 is 5.32 Å². The lowest BCUT2D eigenvalue weighted by Crippen LogP contribution is -2.40. The minimum Gasteiger partial charge on any atom is -0.396 e. The maximum atomic E-state index is 11.9. The quantitative estimate of drug-likeness (QED) is 0.803. The van der Waals surface area contributed by atoms with Crippen molar-refractivity contribution in [1.29, 1.82) is 0 Å². The number of hydrogen-bond acceptors (Lipinski definition) is 3. The number of aliphatic hydroxyl groups is 1. The van der Waals surface area contributed by atoms with Crippen LogP contribution in [0.1, 0.15) is 31.5 Å². The summed E-state index contributed by atoms with van der Waals surface area (Å²) >= 11 is 0. The van der Waals surface area contributed by atoms with Crippen LogP contribution in [0, 0.1) is 12.8 Å². The molecule has 18 heavy (non-hydrogen) atoms. The fraction of sp³-hybridized carbons (Fsp3) is 0.571. The van der Waals surface area contributed by atoms with Gasteiger partial charge in [0.2, 0.25) is 5.91 Å². The molecule has 2 N–H and O–H groups in total. The first kappa shape index (κ1) is 14.6. The van der Waals surface area contributed by atoms with Crippen molar-refractivity contribution in [2.45, 2.75) is 39.7 Å². The van der Waals surface area contributed by atoms with Crippen molar-refractivity contribution in [1.82, 2.24) is 10.3 Å². The second-order valence-corrected chi connectivity index (χ2v) is 4.91. The van der Waals surface area contributed by atoms with E-state index in [1.165, 1.54) is 0 Å². The van der Waals surface area contributed by atoms with Crippen LogP contribution in [0.2, 0.25) is 0 Å². The number of pyridine rings is 1. The minimum atomic E-state index is -0.0206. The molecule has 1 amide bonds. The summed E-state index contributed by atoms with van der Waals surface area (Å²) < 4.78 is 0. The first-order valence-electron chi connectivity index (χ1n) is 6.34. The number of aliphatic hydroxyl groups excluding tert-OH is 1. The van der Waals surface area contributed by atoms with Crippen LogP contribution in [0.15, 0.2) is 18.3 Å². The Bertz CT molecular complexity index is 374. The lowest BCUT2D eigenvalue weighted by Gasteiger charge is -2.21. The molecule has 0 aromatic carbocycles. The summed E-state index contributed by atoms with van der Waals surface area (Å²) in [6.07, 6.45) is 2.66. The molecular formula is C14H22N2O2. The Morgan fingerprint density at radius 2 is 2.17 bits per heavy atom. The van der Waals surface area contributed by atoms with Gasteiger partial charge in [-0.25, -0.2) is 0 Å². The van der Waals surface area contributed by atoms with E-state index in [-0.39, 0.29) is 18.6 Å². The van der Waals surface area contributed by atoms with Gasteiger partial charge in [-0.15, -0.1) is 0 Å². The van der Waals surface area contributed by atoms with Gasteiger partial charge >= 0.3 is 0 Å². The lowest BCUT2D eigenvalue weighted by molar-refractivity contribution is -0.121. The molecule has 0 aliphatic rings. The predicted molar refractivity (Wildman–Crippen MR) is 71.1 cm³/mol. The van der Waals surface area contributed by atoms with Gasteiger partial charge in [-0.2, -0.15) is 0 Å². The third kappa shape index (κ3) is 4.84. The van der Waals surface area contributed by atoms with Gasteiger partial charge in [-0.3, -0.25) is 9.78 Å². The molecule has 0 spiro atoms. The molecule has 0 saturated carbocycles. The second kappa shape index (κ2) is 7.11. The van der Waals surface area contributed by atoms with E-state index >= 15 is 0 Å². The van der Waals surface area contributed by atoms with E-state index in [0.717, 1.165) is 11.3 Å². The van der Waals surface area contributed by atoms with Crippen molar-refractivity contribution in [3.05, 3.63) is 29.6 Å². The molecule has 1 aromatic heterocycles. The Hall–Kier alpha value is -1.42. The van der Waals surface area contributed by atoms with E-state index in [4.69, 9.17) is 5.11 Å². The Balaban J connectivity index is 2.52. The Morgan fingerprint density at radius 1 is 1.44 bits per heavy atom. The largest absolute Gasteiger partial charge is 0.396 e. The normalized spacial score (nSPS) is 12.5. The van der Waals surface area contributed by atoms with Crippen molar-refractivity contribution in [3.63, 3.8) is 0 Å². The van der Waals surface area contributed by atoms with Gasteiger partial charge in [0.1, 0.15) is 0 Å². The number of carbonyl (C=O) groups is 1. The molecule has 1 rings (SSSR count). The van der Waals surface area contributed by atoms with Gasteiger partial charge < -0.3 is 10.4 Å². The predicted octanol–water partition coefficient (Wildman–Crippen LogP) is 1.46. The number of amides is 1. The van der Waals surface area contributed by atoms with Crippen LogP contribution in [0.3, 0.4) is 0 Å². The molecule has 1 heterocycles. The van der Waals surface area contributed by atoms with Crippen LogP contribution in [0.5, 0.6) is 0 Å². The third-order valence-corrected chi connectivity index (χ3v) is 2.93. The van der Waals surface area contributed by atoms with E-state index in [1.54, 1.807) is 6.20 Å². The molecule has 1 aromatic rings. The van der Waals surface area contributed by atoms with Crippen molar-refractivity contribution < 1.29 is 9.90 Å². The van der Waals surface area contributed by atoms with Crippen LogP contribution in [0.25, 0.3) is 0 Å². The second-order valence-electron chi connectivity index (χ2n) is 4.91. The smallest absolute Gasteiger partial charge is 0.224 e. The standard InChI is InChI=1S/C14H22N2O2/c1-10(2)13(6-7-17)16-14(18)8-12-5-4-11(3)15-9-12/h4-5,9-10,13,17H,6-8H2,1-3H3,(H,16,18). The number of nitrogens with zero attached hydrogens (tertiary/aromatic N) is 1. The number of carbonyl (C=O) groups excluding carboxylic acids is 1. The molecule has 4 nitrogen and oxygen atoms in total. The molecule has 1 unspecified atom stereocenters. The SMILES string of the molecule is Cc1ccc(CC(=O)NC(CCO)C(C)C)cn1. The summed E-state index contributed by atoms with van der Waals surface area (Å²) in [7, 11) is 0. The maximum Gasteiger partial charge on any atom is 0.224 e. The molecule has 0 fully saturated rings. The van der Waals surface area contributed by atoms with Gasteiger partial charge in [0.15, 0.2) is 0 Å². The van der Waals surface area contributed by atoms with Crippen molar-refractivity contribution in [2.75, 3.05) is 6.61 Å². The molecule has 1 atom stereocenters. The van der Waals surface area contributed by atoms with E-state index in [0.29, 0.717) is 18.8 Å². The zero-order valence-corrected chi connectivity index (χ0v) is 11.3. The van der Waals surface area contributed by atoms with E-state index in [9.17, 15) is 4.79 Å². The summed E-state index contributed by atoms with van der Waals surface area (Å²) in [5.74, 6) is 0.296. The van der Waals surface area contributed by atoms with Crippen LogP contribution in [0.4, 0.5) is 0 Å². The van der Waals surface area contributed by atoms with E-state index in [1.807, 2.05) is 32.9 Å². The molecular weight excluding hydrogens is 228 g/mol. The van der Waals surface area contributed by atoms with Crippen LogP contribution >= 0.6 is 0 Å². The number of rotatable bonds is 6. The molecule has 100 valence electrons. The van der Waals surface area contributed by atoms with Crippen molar-refractivity contribution in [3.8, 4) is 0 Å². The first-order chi connectivity index (χ1) is 8.52. The fourth-order valence-corrected chi connectivity index (χ4v) is 1.76. The van der Waals surface area contributed by atoms with E-state index < -0.39 is 0 Å². The number of aromatic nitrogens is 1. The maximum absolute atomic E-state index is 11.9. The van der Waals surface area contributed by atoms with Gasteiger partial charge in [0, 0.05) is 24.5 Å². The highest BCUT2D eigenvalue weighted by atomic mass is 16.3. The summed E-state index contributed by atoms with van der Waals surface area (Å²) in [6.45, 7) is 6.08. The van der Waals surface area contributed by atoms with Gasteiger partial charge in [-0.1, -0.05) is 19.9 Å². The highest BCUT2D eigenvalue weighted by Crippen LogP contribution is 2.07. The fourth-order valence-electron chi connectivity index (χ4n) is 1.76. The van der Waals surface area contributed by atoms with Crippen molar-refractivity contribution in [2.24, 2.45) is 5.92 Å². The first-order valence-corrected chi connectivity index (χ1v) is 6.34. The van der Waals surface area contributed by atoms with Gasteiger partial charge in [-0.05, 0) is 30.9 Å². The summed E-state index contributed by atoms with van der Waals surface area (Å²) in [5, 5.41) is 11.9. The van der Waals surface area contributed by atoms with E-state index in [2.05, 4.69) is 10.3 Å². The molecule has 0 radical (unpaired) electrons. The molecule has 4 heteroatoms. The summed E-state index contributed by atoms with van der Waals surface area (Å²) in [4.78, 5) is 16.0. The molecule has 0 aliphatic carbocycles. The summed E-state index contributed by atoms with van der Waals surface area (Å²) in [6, 6.07) is 3.84. The molecule has 0 aliphatic heterocycles. The lowest BCUT2D eigenvalue weighted by atomic mass is 10.0. The van der Waals surface area contributed by atoms with Crippen LogP contribution in [-0.2, 0) is 11.2 Å². The summed E-state index contributed by atoms with van der Waals surface area (Å²) in [5.41, 5.74) is 1.85. The minimum absolute atomic E-state index is 0.0206. The highest BCUT2D eigenvalue weighted by molar-refractivity contribution is 5.78. The average molecular weight is 250 g/mol. The zero-order chi connectivity index (χ0) is 13.5. The monoisotopic (exact) mass is 250 g/mol. The van der Waals surface area contributed by atoms with Crippen LogP contribution in [-0.4, -0.2) is 28.6 Å². The van der Waals surface area contributed by atoms with Gasteiger partial charge in [0.25, 0.3) is 0 Å². The topological polar surface area (TPSA) is 62.2 Å². The van der Waals surface area contributed by atoms with Crippen molar-refractivity contribution >= 4 is 5.91 Å². The average Bonchev–Trinajstić information content (AvgIpc) is 2.31. The number of nitrogens with one attached hydrogen (secondary N) is 1.